The quantitative estimate of drug-likeness (QED) is 0.882. The molecule has 90 valence electrons. The number of methoxy groups -OCH3 is 2. The summed E-state index contributed by atoms with van der Waals surface area (Å²) in [5, 5.41) is 9.11. The predicted molar refractivity (Wildman–Crippen MR) is 66.8 cm³/mol. The molecule has 0 amide bonds. The van der Waals surface area contributed by atoms with E-state index in [1.165, 1.54) is 11.5 Å². The molecular weight excluding hydrogens is 238 g/mol. The predicted octanol–water partition coefficient (Wildman–Crippen LogP) is 2.17. The lowest BCUT2D eigenvalue weighted by atomic mass is 10.2. The molecule has 0 saturated heterocycles. The lowest BCUT2D eigenvalue weighted by molar-refractivity contribution is 0.355. The molecule has 1 N–H and O–H groups in total. The van der Waals surface area contributed by atoms with Crippen molar-refractivity contribution in [1.29, 1.82) is 0 Å². The molecule has 0 radical (unpaired) electrons. The largest absolute Gasteiger partial charge is 0.493 e. The second-order valence-corrected chi connectivity index (χ2v) is 3.93. The van der Waals surface area contributed by atoms with Crippen LogP contribution in [0.25, 0.3) is 0 Å². The van der Waals surface area contributed by atoms with E-state index in [2.05, 4.69) is 14.9 Å². The molecule has 2 rings (SSSR count). The van der Waals surface area contributed by atoms with Gasteiger partial charge in [-0.25, -0.2) is 0 Å². The van der Waals surface area contributed by atoms with Gasteiger partial charge in [0.2, 0.25) is 0 Å². The lowest BCUT2D eigenvalue weighted by Gasteiger charge is -2.10. The number of ether oxygens (including phenoxy) is 2. The zero-order valence-electron chi connectivity index (χ0n) is 9.64. The Balaban J connectivity index is 2.06. The second kappa shape index (κ2) is 5.49. The van der Waals surface area contributed by atoms with E-state index in [-0.39, 0.29) is 0 Å². The summed E-state index contributed by atoms with van der Waals surface area (Å²) in [7, 11) is 3.23. The number of nitrogens with one attached hydrogen (secondary N) is 1. The fourth-order valence-corrected chi connectivity index (χ4v) is 1.85. The van der Waals surface area contributed by atoms with E-state index in [1.54, 1.807) is 14.2 Å². The van der Waals surface area contributed by atoms with Crippen LogP contribution in [-0.2, 0) is 6.54 Å². The first-order valence-corrected chi connectivity index (χ1v) is 5.89. The zero-order chi connectivity index (χ0) is 12.1. The first-order valence-electron chi connectivity index (χ1n) is 5.05. The summed E-state index contributed by atoms with van der Waals surface area (Å²) in [6, 6.07) is 5.68. The van der Waals surface area contributed by atoms with Gasteiger partial charge in [-0.05, 0) is 23.7 Å². The van der Waals surface area contributed by atoms with Crippen LogP contribution < -0.4 is 14.8 Å². The minimum atomic E-state index is 0.645. The van der Waals surface area contributed by atoms with Crippen molar-refractivity contribution in [2.75, 3.05) is 19.5 Å². The van der Waals surface area contributed by atoms with E-state index in [4.69, 9.17) is 9.47 Å². The number of anilines is 1. The third kappa shape index (κ3) is 2.85. The fourth-order valence-electron chi connectivity index (χ4n) is 1.40. The van der Waals surface area contributed by atoms with Crippen LogP contribution in [0.2, 0.25) is 0 Å². The maximum Gasteiger partial charge on any atom is 0.162 e. The van der Waals surface area contributed by atoms with Gasteiger partial charge in [0, 0.05) is 17.1 Å². The van der Waals surface area contributed by atoms with Gasteiger partial charge in [0.1, 0.15) is 0 Å². The number of hydrogen-bond donors (Lipinski definition) is 1. The molecule has 0 unspecified atom stereocenters. The maximum absolute atomic E-state index is 5.22. The van der Waals surface area contributed by atoms with Crippen molar-refractivity contribution in [3.63, 3.8) is 0 Å². The Bertz CT molecular complexity index is 474. The van der Waals surface area contributed by atoms with Gasteiger partial charge in [0.25, 0.3) is 0 Å². The molecule has 0 saturated carbocycles. The summed E-state index contributed by atoms with van der Waals surface area (Å²) >= 11 is 1.34. The molecule has 0 fully saturated rings. The first kappa shape index (κ1) is 11.7. The highest BCUT2D eigenvalue weighted by Gasteiger charge is 2.04. The molecule has 0 aliphatic rings. The summed E-state index contributed by atoms with van der Waals surface area (Å²) < 4.78 is 14.2. The number of hydrogen-bond acceptors (Lipinski definition) is 6. The van der Waals surface area contributed by atoms with Crippen LogP contribution in [-0.4, -0.2) is 23.8 Å². The van der Waals surface area contributed by atoms with E-state index < -0.39 is 0 Å². The Hall–Kier alpha value is -1.82. The smallest absolute Gasteiger partial charge is 0.162 e. The monoisotopic (exact) mass is 251 g/mol. The molecule has 5 nitrogen and oxygen atoms in total. The van der Waals surface area contributed by atoms with E-state index in [0.717, 1.165) is 11.4 Å². The van der Waals surface area contributed by atoms with Gasteiger partial charge < -0.3 is 14.8 Å². The summed E-state index contributed by atoms with van der Waals surface area (Å²) in [6.45, 7) is 0.645. The van der Waals surface area contributed by atoms with Gasteiger partial charge in [-0.15, -0.1) is 5.10 Å². The molecule has 1 aromatic heterocycles. The van der Waals surface area contributed by atoms with Gasteiger partial charge in [-0.2, -0.15) is 0 Å². The second-order valence-electron chi connectivity index (χ2n) is 3.32. The SMILES string of the molecule is COc1ccc(NCc2csnn2)cc1OC. The maximum atomic E-state index is 5.22. The number of benzene rings is 1. The van der Waals surface area contributed by atoms with Crippen LogP contribution in [0.1, 0.15) is 5.69 Å². The average molecular weight is 251 g/mol. The van der Waals surface area contributed by atoms with Crippen LogP contribution in [0.4, 0.5) is 5.69 Å². The highest BCUT2D eigenvalue weighted by atomic mass is 32.1. The van der Waals surface area contributed by atoms with Gasteiger partial charge >= 0.3 is 0 Å². The molecule has 2 aromatic rings. The molecule has 0 aliphatic carbocycles. The van der Waals surface area contributed by atoms with Crippen LogP contribution in [0.3, 0.4) is 0 Å². The highest BCUT2D eigenvalue weighted by Crippen LogP contribution is 2.29. The summed E-state index contributed by atoms with van der Waals surface area (Å²) in [6.07, 6.45) is 0. The number of aromatic nitrogens is 2. The minimum Gasteiger partial charge on any atom is -0.493 e. The Labute approximate surface area is 104 Å². The van der Waals surface area contributed by atoms with E-state index in [9.17, 15) is 0 Å². The fraction of sp³-hybridized carbons (Fsp3) is 0.273. The molecular formula is C11H13N3O2S. The van der Waals surface area contributed by atoms with Crippen molar-refractivity contribution in [3.8, 4) is 11.5 Å². The highest BCUT2D eigenvalue weighted by molar-refractivity contribution is 7.03. The molecule has 17 heavy (non-hydrogen) atoms. The summed E-state index contributed by atoms with van der Waals surface area (Å²) in [5.74, 6) is 1.42. The van der Waals surface area contributed by atoms with Gasteiger partial charge in [0.05, 0.1) is 26.5 Å². The van der Waals surface area contributed by atoms with Gasteiger partial charge in [-0.3, -0.25) is 0 Å². The van der Waals surface area contributed by atoms with Crippen LogP contribution in [0, 0.1) is 0 Å². The Morgan fingerprint density at radius 2 is 2.06 bits per heavy atom. The van der Waals surface area contributed by atoms with Crippen molar-refractivity contribution in [2.24, 2.45) is 0 Å². The standard InChI is InChI=1S/C11H13N3O2S/c1-15-10-4-3-8(5-11(10)16-2)12-6-9-7-17-14-13-9/h3-5,7,12H,6H2,1-2H3. The van der Waals surface area contributed by atoms with Crippen LogP contribution in [0.5, 0.6) is 11.5 Å². The molecule has 0 bridgehead atoms. The summed E-state index contributed by atoms with van der Waals surface area (Å²) in [4.78, 5) is 0. The zero-order valence-corrected chi connectivity index (χ0v) is 10.5. The van der Waals surface area contributed by atoms with Crippen molar-refractivity contribution in [3.05, 3.63) is 29.3 Å². The minimum absolute atomic E-state index is 0.645. The van der Waals surface area contributed by atoms with Crippen LogP contribution in [0.15, 0.2) is 23.6 Å². The van der Waals surface area contributed by atoms with Gasteiger partial charge in [-0.1, -0.05) is 4.49 Å². The Morgan fingerprint density at radius 1 is 1.24 bits per heavy atom. The topological polar surface area (TPSA) is 56.3 Å². The van der Waals surface area contributed by atoms with Gasteiger partial charge in [0.15, 0.2) is 11.5 Å². The Kier molecular flexibility index (Phi) is 3.77. The molecule has 0 spiro atoms. The number of rotatable bonds is 5. The van der Waals surface area contributed by atoms with E-state index in [0.29, 0.717) is 18.0 Å². The molecule has 0 atom stereocenters. The molecule has 1 heterocycles. The normalized spacial score (nSPS) is 10.0. The van der Waals surface area contributed by atoms with E-state index in [1.807, 2.05) is 23.6 Å². The number of nitrogens with zero attached hydrogens (tertiary/aromatic N) is 2. The average Bonchev–Trinajstić information content (AvgIpc) is 2.89. The Morgan fingerprint density at radius 3 is 2.71 bits per heavy atom. The van der Waals surface area contributed by atoms with E-state index >= 15 is 0 Å². The van der Waals surface area contributed by atoms with Crippen molar-refractivity contribution in [2.45, 2.75) is 6.54 Å². The third-order valence-corrected chi connectivity index (χ3v) is 2.82. The molecule has 1 aromatic carbocycles. The van der Waals surface area contributed by atoms with Crippen molar-refractivity contribution in [1.82, 2.24) is 9.59 Å². The lowest BCUT2D eigenvalue weighted by Crippen LogP contribution is -2.00. The van der Waals surface area contributed by atoms with Crippen LogP contribution >= 0.6 is 11.5 Å². The van der Waals surface area contributed by atoms with Crippen molar-refractivity contribution >= 4 is 17.2 Å². The van der Waals surface area contributed by atoms with Crippen molar-refractivity contribution < 1.29 is 9.47 Å². The third-order valence-electron chi connectivity index (χ3n) is 2.26. The molecule has 6 heteroatoms. The summed E-state index contributed by atoms with van der Waals surface area (Å²) in [5.41, 5.74) is 1.88. The molecule has 0 aliphatic heterocycles. The first-order chi connectivity index (χ1) is 8.33.